The van der Waals surface area contributed by atoms with Gasteiger partial charge in [-0.05, 0) is 60.6 Å². The van der Waals surface area contributed by atoms with Crippen molar-refractivity contribution in [2.24, 2.45) is 11.8 Å². The second-order valence-electron chi connectivity index (χ2n) is 9.28. The Morgan fingerprint density at radius 2 is 1.72 bits per heavy atom. The highest BCUT2D eigenvalue weighted by atomic mass is 19.1. The number of hydrogen-bond donors (Lipinski definition) is 0. The molecule has 3 aliphatic rings. The molecule has 5 nitrogen and oxygen atoms in total. The Kier molecular flexibility index (Phi) is 5.31. The molecular weight excluding hydrogens is 407 g/mol. The number of imide groups is 1. The molecule has 166 valence electrons. The summed E-state index contributed by atoms with van der Waals surface area (Å²) in [5, 5.41) is 0. The normalized spacial score (nSPS) is 25.0. The molecule has 3 amide bonds. The Balaban J connectivity index is 1.50. The van der Waals surface area contributed by atoms with E-state index < -0.39 is 6.04 Å². The highest BCUT2D eigenvalue weighted by molar-refractivity contribution is 6.21. The van der Waals surface area contributed by atoms with Gasteiger partial charge in [0.25, 0.3) is 11.8 Å². The van der Waals surface area contributed by atoms with Gasteiger partial charge in [0, 0.05) is 12.5 Å². The molecule has 0 radical (unpaired) electrons. The lowest BCUT2D eigenvalue weighted by atomic mass is 9.78. The minimum absolute atomic E-state index is 0.0373. The second-order valence-corrected chi connectivity index (χ2v) is 9.28. The number of benzene rings is 2. The summed E-state index contributed by atoms with van der Waals surface area (Å²) < 4.78 is 14.2. The van der Waals surface area contributed by atoms with Crippen molar-refractivity contribution >= 4 is 17.7 Å². The van der Waals surface area contributed by atoms with Crippen LogP contribution in [-0.4, -0.2) is 40.6 Å². The quantitative estimate of drug-likeness (QED) is 0.674. The Hall–Kier alpha value is -3.02. The van der Waals surface area contributed by atoms with Crippen LogP contribution in [0.25, 0.3) is 0 Å². The van der Waals surface area contributed by atoms with Crippen LogP contribution in [0.1, 0.15) is 70.5 Å². The molecule has 1 fully saturated rings. The van der Waals surface area contributed by atoms with Gasteiger partial charge in [-0.15, -0.1) is 0 Å². The number of rotatable bonds is 3. The van der Waals surface area contributed by atoms with Crippen molar-refractivity contribution in [3.05, 3.63) is 70.5 Å². The van der Waals surface area contributed by atoms with Gasteiger partial charge >= 0.3 is 0 Å². The molecule has 0 N–H and O–H groups in total. The molecule has 1 unspecified atom stereocenters. The summed E-state index contributed by atoms with van der Waals surface area (Å²) in [5.74, 6) is -0.793. The minimum Gasteiger partial charge on any atom is -0.333 e. The van der Waals surface area contributed by atoms with Crippen molar-refractivity contribution in [1.29, 1.82) is 0 Å². The number of carbonyl (C=O) groups is 3. The fraction of sp³-hybridized carbons (Fsp3) is 0.423. The predicted molar refractivity (Wildman–Crippen MR) is 117 cm³/mol. The Labute approximate surface area is 187 Å². The zero-order chi connectivity index (χ0) is 22.4. The molecule has 2 aromatic carbocycles. The minimum atomic E-state index is -0.543. The molecule has 0 spiro atoms. The van der Waals surface area contributed by atoms with Gasteiger partial charge in [0.2, 0.25) is 5.91 Å². The van der Waals surface area contributed by atoms with E-state index in [2.05, 4.69) is 6.92 Å². The average Bonchev–Trinajstić information content (AvgIpc) is 3.04. The zero-order valence-electron chi connectivity index (χ0n) is 18.2. The van der Waals surface area contributed by atoms with E-state index in [1.807, 2.05) is 0 Å². The first kappa shape index (κ1) is 20.9. The number of carbonyl (C=O) groups excluding carboxylic acids is 3. The molecule has 5 rings (SSSR count). The lowest BCUT2D eigenvalue weighted by molar-refractivity contribution is -0.141. The van der Waals surface area contributed by atoms with Gasteiger partial charge in [-0.2, -0.15) is 0 Å². The van der Waals surface area contributed by atoms with E-state index in [0.29, 0.717) is 35.6 Å². The summed E-state index contributed by atoms with van der Waals surface area (Å²) >= 11 is 0. The monoisotopic (exact) mass is 434 g/mol. The van der Waals surface area contributed by atoms with Crippen molar-refractivity contribution in [2.45, 2.75) is 45.1 Å². The summed E-state index contributed by atoms with van der Waals surface area (Å²) in [5.41, 5.74) is 2.43. The molecule has 0 saturated heterocycles. The first-order valence-electron chi connectivity index (χ1n) is 11.5. The summed E-state index contributed by atoms with van der Waals surface area (Å²) in [6.45, 7) is 2.67. The van der Waals surface area contributed by atoms with Crippen LogP contribution >= 0.6 is 0 Å². The molecule has 2 aliphatic heterocycles. The standard InChI is InChI=1S/C26H27FN2O3/c1-16-6-2-3-7-19(16)24(30)28-13-12-17-10-11-18(27)14-22(17)23(28)15-29-25(31)20-8-4-5-9-21(20)26(29)32/h4-5,8-11,14,16,19,23H,2-3,6-7,12-13,15H2,1H3/t16-,19+,23?/m0/s1. The fourth-order valence-electron chi connectivity index (χ4n) is 5.60. The van der Waals surface area contributed by atoms with Crippen LogP contribution in [-0.2, 0) is 11.2 Å². The van der Waals surface area contributed by atoms with Crippen LogP contribution in [0.2, 0.25) is 0 Å². The summed E-state index contributed by atoms with van der Waals surface area (Å²) in [4.78, 5) is 42.7. The Bertz CT molecular complexity index is 1060. The number of hydrogen-bond acceptors (Lipinski definition) is 3. The maximum atomic E-state index is 14.2. The maximum absolute atomic E-state index is 14.2. The average molecular weight is 435 g/mol. The largest absolute Gasteiger partial charge is 0.333 e. The van der Waals surface area contributed by atoms with Gasteiger partial charge in [-0.3, -0.25) is 19.3 Å². The maximum Gasteiger partial charge on any atom is 0.261 e. The van der Waals surface area contributed by atoms with Gasteiger partial charge in [-0.25, -0.2) is 4.39 Å². The summed E-state index contributed by atoms with van der Waals surface area (Å²) in [6.07, 6.45) is 4.69. The van der Waals surface area contributed by atoms with E-state index in [1.54, 1.807) is 35.2 Å². The molecule has 1 saturated carbocycles. The first-order valence-corrected chi connectivity index (χ1v) is 11.5. The highest BCUT2D eigenvalue weighted by Gasteiger charge is 2.42. The van der Waals surface area contributed by atoms with E-state index in [0.717, 1.165) is 31.2 Å². The van der Waals surface area contributed by atoms with E-state index >= 15 is 0 Å². The van der Waals surface area contributed by atoms with Gasteiger partial charge < -0.3 is 4.90 Å². The van der Waals surface area contributed by atoms with Crippen LogP contribution in [0.5, 0.6) is 0 Å². The molecule has 32 heavy (non-hydrogen) atoms. The van der Waals surface area contributed by atoms with E-state index in [1.165, 1.54) is 17.0 Å². The van der Waals surface area contributed by atoms with Gasteiger partial charge in [0.15, 0.2) is 0 Å². The number of fused-ring (bicyclic) bond motifs is 2. The summed E-state index contributed by atoms with van der Waals surface area (Å²) in [6, 6.07) is 10.9. The molecular formula is C26H27FN2O3. The van der Waals surface area contributed by atoms with Gasteiger partial charge in [0.1, 0.15) is 5.82 Å². The Morgan fingerprint density at radius 1 is 1.03 bits per heavy atom. The molecule has 0 aromatic heterocycles. The van der Waals surface area contributed by atoms with E-state index in [-0.39, 0.29) is 36.0 Å². The number of amides is 3. The van der Waals surface area contributed by atoms with Crippen molar-refractivity contribution in [1.82, 2.24) is 9.80 Å². The molecule has 0 bridgehead atoms. The molecule has 2 heterocycles. The topological polar surface area (TPSA) is 57.7 Å². The fourth-order valence-corrected chi connectivity index (χ4v) is 5.60. The smallest absolute Gasteiger partial charge is 0.261 e. The number of nitrogens with zero attached hydrogens (tertiary/aromatic N) is 2. The first-order chi connectivity index (χ1) is 15.5. The van der Waals surface area contributed by atoms with Gasteiger partial charge in [0.05, 0.1) is 23.7 Å². The molecule has 1 aliphatic carbocycles. The van der Waals surface area contributed by atoms with Crippen LogP contribution in [0.15, 0.2) is 42.5 Å². The second kappa shape index (κ2) is 8.15. The van der Waals surface area contributed by atoms with Gasteiger partial charge in [-0.1, -0.05) is 38.0 Å². The molecule has 3 atom stereocenters. The Morgan fingerprint density at radius 3 is 2.41 bits per heavy atom. The lowest BCUT2D eigenvalue weighted by Crippen LogP contribution is -2.49. The molecule has 6 heteroatoms. The molecule has 2 aromatic rings. The van der Waals surface area contributed by atoms with Crippen LogP contribution in [0.4, 0.5) is 4.39 Å². The van der Waals surface area contributed by atoms with Crippen molar-refractivity contribution in [3.63, 3.8) is 0 Å². The van der Waals surface area contributed by atoms with Crippen LogP contribution < -0.4 is 0 Å². The zero-order valence-corrected chi connectivity index (χ0v) is 18.2. The van der Waals surface area contributed by atoms with E-state index in [4.69, 9.17) is 0 Å². The van der Waals surface area contributed by atoms with Crippen molar-refractivity contribution in [2.75, 3.05) is 13.1 Å². The third-order valence-corrected chi connectivity index (χ3v) is 7.41. The lowest BCUT2D eigenvalue weighted by Gasteiger charge is -2.42. The van der Waals surface area contributed by atoms with Crippen molar-refractivity contribution in [3.8, 4) is 0 Å². The highest BCUT2D eigenvalue weighted by Crippen LogP contribution is 2.38. The van der Waals surface area contributed by atoms with Crippen LogP contribution in [0, 0.1) is 17.7 Å². The van der Waals surface area contributed by atoms with Crippen LogP contribution in [0.3, 0.4) is 0 Å². The van der Waals surface area contributed by atoms with Crippen molar-refractivity contribution < 1.29 is 18.8 Å². The third-order valence-electron chi connectivity index (χ3n) is 7.41. The third kappa shape index (κ3) is 3.42. The summed E-state index contributed by atoms with van der Waals surface area (Å²) in [7, 11) is 0. The SMILES string of the molecule is C[C@H]1CCCC[C@H]1C(=O)N1CCc2ccc(F)cc2C1CN1C(=O)c2ccccc2C1=O. The predicted octanol–water partition coefficient (Wildman–Crippen LogP) is 4.37. The number of halogens is 1. The van der Waals surface area contributed by atoms with E-state index in [9.17, 15) is 18.8 Å².